The second-order valence-electron chi connectivity index (χ2n) is 4.00. The lowest BCUT2D eigenvalue weighted by atomic mass is 10.1. The lowest BCUT2D eigenvalue weighted by Crippen LogP contribution is -2.05. The SMILES string of the molecule is N#Cc1ccccc1NCCc1ccc(O)cc1. The highest BCUT2D eigenvalue weighted by atomic mass is 16.3. The number of phenolic OH excluding ortho intramolecular Hbond substituents is 1. The molecular weight excluding hydrogens is 224 g/mol. The first kappa shape index (κ1) is 12.0. The molecule has 0 spiro atoms. The monoisotopic (exact) mass is 238 g/mol. The van der Waals surface area contributed by atoms with Gasteiger partial charge in [0.25, 0.3) is 0 Å². The number of nitrogens with zero attached hydrogens (tertiary/aromatic N) is 1. The fourth-order valence-electron chi connectivity index (χ4n) is 1.74. The van der Waals surface area contributed by atoms with Gasteiger partial charge in [0, 0.05) is 6.54 Å². The molecule has 0 unspecified atom stereocenters. The van der Waals surface area contributed by atoms with Gasteiger partial charge in [-0.15, -0.1) is 0 Å². The molecule has 90 valence electrons. The number of para-hydroxylation sites is 1. The van der Waals surface area contributed by atoms with Crippen LogP contribution in [0.25, 0.3) is 0 Å². The van der Waals surface area contributed by atoms with Crippen molar-refractivity contribution in [3.63, 3.8) is 0 Å². The Labute approximate surface area is 106 Å². The van der Waals surface area contributed by atoms with E-state index in [1.807, 2.05) is 30.3 Å². The van der Waals surface area contributed by atoms with Crippen molar-refractivity contribution in [3.05, 3.63) is 59.7 Å². The summed E-state index contributed by atoms with van der Waals surface area (Å²) in [6.07, 6.45) is 0.847. The van der Waals surface area contributed by atoms with Gasteiger partial charge in [-0.2, -0.15) is 5.26 Å². The van der Waals surface area contributed by atoms with Gasteiger partial charge in [0.15, 0.2) is 0 Å². The Balaban J connectivity index is 1.93. The predicted molar refractivity (Wildman–Crippen MR) is 71.5 cm³/mol. The van der Waals surface area contributed by atoms with Crippen LogP contribution in [0.4, 0.5) is 5.69 Å². The van der Waals surface area contributed by atoms with Crippen molar-refractivity contribution in [2.24, 2.45) is 0 Å². The van der Waals surface area contributed by atoms with E-state index in [0.717, 1.165) is 24.2 Å². The Hall–Kier alpha value is -2.47. The molecule has 0 aliphatic carbocycles. The van der Waals surface area contributed by atoms with Crippen LogP contribution in [-0.4, -0.2) is 11.7 Å². The summed E-state index contributed by atoms with van der Waals surface area (Å²) in [6.45, 7) is 0.753. The van der Waals surface area contributed by atoms with Gasteiger partial charge < -0.3 is 10.4 Å². The molecule has 2 aromatic rings. The van der Waals surface area contributed by atoms with E-state index in [9.17, 15) is 5.11 Å². The van der Waals surface area contributed by atoms with Gasteiger partial charge in [-0.05, 0) is 36.2 Å². The highest BCUT2D eigenvalue weighted by Gasteiger charge is 1.99. The number of anilines is 1. The molecule has 2 rings (SSSR count). The third kappa shape index (κ3) is 3.02. The lowest BCUT2D eigenvalue weighted by molar-refractivity contribution is 0.475. The summed E-state index contributed by atoms with van der Waals surface area (Å²) in [5.41, 5.74) is 2.66. The van der Waals surface area contributed by atoms with Gasteiger partial charge in [-0.25, -0.2) is 0 Å². The number of aromatic hydroxyl groups is 1. The minimum atomic E-state index is 0.279. The van der Waals surface area contributed by atoms with Gasteiger partial charge in [-0.3, -0.25) is 0 Å². The Morgan fingerprint density at radius 1 is 1.06 bits per heavy atom. The molecule has 3 heteroatoms. The number of phenols is 1. The molecule has 0 atom stereocenters. The Morgan fingerprint density at radius 2 is 1.78 bits per heavy atom. The van der Waals surface area contributed by atoms with Crippen molar-refractivity contribution in [1.82, 2.24) is 0 Å². The van der Waals surface area contributed by atoms with Crippen LogP contribution in [0.2, 0.25) is 0 Å². The Morgan fingerprint density at radius 3 is 2.50 bits per heavy atom. The maximum atomic E-state index is 9.18. The van der Waals surface area contributed by atoms with Crippen molar-refractivity contribution in [2.75, 3.05) is 11.9 Å². The largest absolute Gasteiger partial charge is 0.508 e. The predicted octanol–water partition coefficient (Wildman–Crippen LogP) is 2.92. The summed E-state index contributed by atoms with van der Waals surface area (Å²) in [4.78, 5) is 0. The zero-order chi connectivity index (χ0) is 12.8. The van der Waals surface area contributed by atoms with Crippen LogP contribution in [0.1, 0.15) is 11.1 Å². The molecule has 2 aromatic carbocycles. The topological polar surface area (TPSA) is 56.0 Å². The fourth-order valence-corrected chi connectivity index (χ4v) is 1.74. The molecule has 2 N–H and O–H groups in total. The van der Waals surface area contributed by atoms with Crippen LogP contribution in [0.3, 0.4) is 0 Å². The zero-order valence-corrected chi connectivity index (χ0v) is 9.93. The van der Waals surface area contributed by atoms with Crippen LogP contribution in [0, 0.1) is 11.3 Å². The van der Waals surface area contributed by atoms with E-state index in [-0.39, 0.29) is 5.75 Å². The summed E-state index contributed by atoms with van der Waals surface area (Å²) >= 11 is 0. The Bertz CT molecular complexity index is 555. The van der Waals surface area contributed by atoms with Gasteiger partial charge >= 0.3 is 0 Å². The molecule has 0 amide bonds. The van der Waals surface area contributed by atoms with Gasteiger partial charge in [-0.1, -0.05) is 24.3 Å². The quantitative estimate of drug-likeness (QED) is 0.861. The highest BCUT2D eigenvalue weighted by Crippen LogP contribution is 2.14. The van der Waals surface area contributed by atoms with Gasteiger partial charge in [0.1, 0.15) is 11.8 Å². The van der Waals surface area contributed by atoms with E-state index in [4.69, 9.17) is 5.26 Å². The minimum absolute atomic E-state index is 0.279. The van der Waals surface area contributed by atoms with Gasteiger partial charge in [0.05, 0.1) is 11.3 Å². The van der Waals surface area contributed by atoms with E-state index in [0.29, 0.717) is 5.56 Å². The second-order valence-corrected chi connectivity index (χ2v) is 4.00. The number of nitriles is 1. The van der Waals surface area contributed by atoms with E-state index in [1.54, 1.807) is 18.2 Å². The first-order chi connectivity index (χ1) is 8.79. The number of rotatable bonds is 4. The van der Waals surface area contributed by atoms with Gasteiger partial charge in [0.2, 0.25) is 0 Å². The summed E-state index contributed by atoms with van der Waals surface area (Å²) < 4.78 is 0. The average Bonchev–Trinajstić information content (AvgIpc) is 2.41. The molecule has 0 saturated carbocycles. The van der Waals surface area contributed by atoms with E-state index < -0.39 is 0 Å². The molecule has 0 heterocycles. The third-order valence-electron chi connectivity index (χ3n) is 2.71. The first-order valence-electron chi connectivity index (χ1n) is 5.80. The van der Waals surface area contributed by atoms with E-state index >= 15 is 0 Å². The van der Waals surface area contributed by atoms with Crippen LogP contribution in [0.15, 0.2) is 48.5 Å². The molecular formula is C15H14N2O. The molecule has 3 nitrogen and oxygen atoms in total. The fraction of sp³-hybridized carbons (Fsp3) is 0.133. The summed E-state index contributed by atoms with van der Waals surface area (Å²) in [7, 11) is 0. The molecule has 0 radical (unpaired) electrons. The molecule has 0 aliphatic heterocycles. The van der Waals surface area contributed by atoms with Crippen molar-refractivity contribution in [3.8, 4) is 11.8 Å². The summed E-state index contributed by atoms with van der Waals surface area (Å²) in [5, 5.41) is 21.4. The number of hydrogen-bond donors (Lipinski definition) is 2. The second kappa shape index (κ2) is 5.74. The molecule has 18 heavy (non-hydrogen) atoms. The average molecular weight is 238 g/mol. The number of nitrogens with one attached hydrogen (secondary N) is 1. The van der Waals surface area contributed by atoms with E-state index in [1.165, 1.54) is 0 Å². The number of benzene rings is 2. The smallest absolute Gasteiger partial charge is 0.115 e. The van der Waals surface area contributed by atoms with Crippen molar-refractivity contribution < 1.29 is 5.11 Å². The normalized spacial score (nSPS) is 9.72. The van der Waals surface area contributed by atoms with Crippen molar-refractivity contribution in [2.45, 2.75) is 6.42 Å². The van der Waals surface area contributed by atoms with Crippen LogP contribution in [-0.2, 0) is 6.42 Å². The van der Waals surface area contributed by atoms with Crippen LogP contribution < -0.4 is 5.32 Å². The lowest BCUT2D eigenvalue weighted by Gasteiger charge is -2.07. The highest BCUT2D eigenvalue weighted by molar-refractivity contribution is 5.57. The standard InChI is InChI=1S/C15H14N2O/c16-11-13-3-1-2-4-15(13)17-10-9-12-5-7-14(18)8-6-12/h1-8,17-18H,9-10H2. The van der Waals surface area contributed by atoms with Crippen LogP contribution in [0.5, 0.6) is 5.75 Å². The first-order valence-corrected chi connectivity index (χ1v) is 5.80. The maximum Gasteiger partial charge on any atom is 0.115 e. The summed E-state index contributed by atoms with van der Waals surface area (Å²) in [6, 6.07) is 16.8. The van der Waals surface area contributed by atoms with Crippen molar-refractivity contribution in [1.29, 1.82) is 5.26 Å². The van der Waals surface area contributed by atoms with Crippen LogP contribution >= 0.6 is 0 Å². The minimum Gasteiger partial charge on any atom is -0.508 e. The van der Waals surface area contributed by atoms with Crippen molar-refractivity contribution >= 4 is 5.69 Å². The molecule has 0 bridgehead atoms. The maximum absolute atomic E-state index is 9.18. The molecule has 0 aromatic heterocycles. The summed E-state index contributed by atoms with van der Waals surface area (Å²) in [5.74, 6) is 0.279. The Kier molecular flexibility index (Phi) is 3.83. The molecule has 0 saturated heterocycles. The molecule has 0 fully saturated rings. The zero-order valence-electron chi connectivity index (χ0n) is 9.93. The number of hydrogen-bond acceptors (Lipinski definition) is 3. The van der Waals surface area contributed by atoms with E-state index in [2.05, 4.69) is 11.4 Å². The third-order valence-corrected chi connectivity index (χ3v) is 2.71. The molecule has 0 aliphatic rings.